The van der Waals surface area contributed by atoms with E-state index >= 15 is 0 Å². The van der Waals surface area contributed by atoms with E-state index in [4.69, 9.17) is 0 Å². The van der Waals surface area contributed by atoms with E-state index in [2.05, 4.69) is 9.52 Å². The zero-order valence-corrected chi connectivity index (χ0v) is 6.29. The lowest BCUT2D eigenvalue weighted by Crippen LogP contribution is -2.31. The second-order valence-corrected chi connectivity index (χ2v) is 3.09. The maximum Gasteiger partial charge on any atom is 0.437 e. The van der Waals surface area contributed by atoms with Crippen molar-refractivity contribution in [1.29, 1.82) is 0 Å². The van der Waals surface area contributed by atoms with Crippen LogP contribution in [0.3, 0.4) is 0 Å². The first-order chi connectivity index (χ1) is 4.52. The van der Waals surface area contributed by atoms with Crippen LogP contribution in [0.25, 0.3) is 0 Å². The van der Waals surface area contributed by atoms with Crippen molar-refractivity contribution in [3.63, 3.8) is 0 Å². The van der Waals surface area contributed by atoms with Crippen molar-refractivity contribution in [2.75, 3.05) is 0 Å². The van der Waals surface area contributed by atoms with E-state index in [1.54, 1.807) is 0 Å². The lowest BCUT2D eigenvalue weighted by atomic mass is 10.1. The Kier molecular flexibility index (Phi) is 1.39. The van der Waals surface area contributed by atoms with Crippen LogP contribution < -0.4 is 5.76 Å². The summed E-state index contributed by atoms with van der Waals surface area (Å²) in [5.74, 6) is -0.410. The van der Waals surface area contributed by atoms with Crippen LogP contribution in [0.1, 0.15) is 20.8 Å². The van der Waals surface area contributed by atoms with Gasteiger partial charge < -0.3 is 4.42 Å². The molecule has 1 heterocycles. The van der Waals surface area contributed by atoms with Crippen molar-refractivity contribution in [2.24, 2.45) is 0 Å². The van der Waals surface area contributed by atoms with E-state index in [-0.39, 0.29) is 5.54 Å². The van der Waals surface area contributed by atoms with Crippen LogP contribution in [0.4, 0.5) is 0 Å². The third-order valence-electron chi connectivity index (χ3n) is 1.12. The molecular weight excluding hydrogens is 132 g/mol. The summed E-state index contributed by atoms with van der Waals surface area (Å²) < 4.78 is 5.79. The molecule has 0 saturated heterocycles. The molecule has 0 aromatic carbocycles. The third-order valence-corrected chi connectivity index (χ3v) is 1.12. The van der Waals surface area contributed by atoms with E-state index in [9.17, 15) is 4.79 Å². The molecule has 4 heteroatoms. The molecule has 0 atom stereocenters. The minimum Gasteiger partial charge on any atom is -0.395 e. The molecule has 4 nitrogen and oxygen atoms in total. The molecular formula is C6H10N2O2. The average molecular weight is 142 g/mol. The monoisotopic (exact) mass is 142 g/mol. The van der Waals surface area contributed by atoms with Gasteiger partial charge in [-0.2, -0.15) is 4.68 Å². The zero-order chi connectivity index (χ0) is 7.78. The summed E-state index contributed by atoms with van der Waals surface area (Å²) in [6, 6.07) is 0. The van der Waals surface area contributed by atoms with Crippen molar-refractivity contribution in [1.82, 2.24) is 9.78 Å². The fourth-order valence-electron chi connectivity index (χ4n) is 0.660. The largest absolute Gasteiger partial charge is 0.437 e. The molecule has 1 rings (SSSR count). The van der Waals surface area contributed by atoms with E-state index in [0.717, 1.165) is 6.39 Å². The molecule has 0 bridgehead atoms. The summed E-state index contributed by atoms with van der Waals surface area (Å²) in [4.78, 5) is 10.8. The van der Waals surface area contributed by atoms with Gasteiger partial charge in [0.05, 0.1) is 5.54 Å². The second-order valence-electron chi connectivity index (χ2n) is 3.09. The van der Waals surface area contributed by atoms with E-state index in [0.29, 0.717) is 0 Å². The minimum absolute atomic E-state index is 0.288. The van der Waals surface area contributed by atoms with Gasteiger partial charge in [0.1, 0.15) is 0 Å². The molecule has 0 N–H and O–H groups in total. The Hall–Kier alpha value is -1.06. The average Bonchev–Trinajstić information content (AvgIpc) is 2.11. The minimum atomic E-state index is -0.410. The summed E-state index contributed by atoms with van der Waals surface area (Å²) in [6.45, 7) is 5.66. The number of hydrogen-bond acceptors (Lipinski definition) is 3. The van der Waals surface area contributed by atoms with E-state index < -0.39 is 5.76 Å². The lowest BCUT2D eigenvalue weighted by molar-refractivity contribution is 0.325. The van der Waals surface area contributed by atoms with Crippen LogP contribution in [0.2, 0.25) is 0 Å². The first-order valence-electron chi connectivity index (χ1n) is 3.05. The fraction of sp³-hybridized carbons (Fsp3) is 0.667. The summed E-state index contributed by atoms with van der Waals surface area (Å²) in [6.07, 6.45) is 1.15. The molecule has 0 saturated carbocycles. The Bertz CT molecular complexity index is 266. The normalized spacial score (nSPS) is 11.9. The van der Waals surface area contributed by atoms with Crippen molar-refractivity contribution >= 4 is 0 Å². The Morgan fingerprint density at radius 3 is 2.40 bits per heavy atom. The van der Waals surface area contributed by atoms with Gasteiger partial charge in [0.15, 0.2) is 0 Å². The number of hydrogen-bond donors (Lipinski definition) is 0. The highest BCUT2D eigenvalue weighted by Gasteiger charge is 2.16. The highest BCUT2D eigenvalue weighted by Crippen LogP contribution is 2.07. The van der Waals surface area contributed by atoms with Crippen LogP contribution in [-0.2, 0) is 5.54 Å². The van der Waals surface area contributed by atoms with Crippen LogP contribution in [0.15, 0.2) is 15.6 Å². The summed E-state index contributed by atoms with van der Waals surface area (Å²) in [5, 5.41) is 3.72. The van der Waals surface area contributed by atoms with Crippen molar-refractivity contribution in [3.8, 4) is 0 Å². The van der Waals surface area contributed by atoms with Crippen molar-refractivity contribution < 1.29 is 4.42 Å². The third kappa shape index (κ3) is 1.10. The molecule has 1 aromatic heterocycles. The summed E-state index contributed by atoms with van der Waals surface area (Å²) in [5.41, 5.74) is -0.288. The maximum absolute atomic E-state index is 10.8. The molecule has 0 spiro atoms. The molecule has 1 aromatic rings. The molecule has 56 valence electrons. The molecule has 0 fully saturated rings. The maximum atomic E-state index is 10.8. The topological polar surface area (TPSA) is 48.0 Å². The van der Waals surface area contributed by atoms with E-state index in [1.165, 1.54) is 4.68 Å². The van der Waals surface area contributed by atoms with Crippen molar-refractivity contribution in [2.45, 2.75) is 26.3 Å². The second kappa shape index (κ2) is 1.97. The van der Waals surface area contributed by atoms with Gasteiger partial charge in [-0.15, -0.1) is 5.10 Å². The predicted molar refractivity (Wildman–Crippen MR) is 35.8 cm³/mol. The van der Waals surface area contributed by atoms with Gasteiger partial charge in [-0.05, 0) is 20.8 Å². The predicted octanol–water partition coefficient (Wildman–Crippen LogP) is 0.591. The van der Waals surface area contributed by atoms with E-state index in [1.807, 2.05) is 20.8 Å². The zero-order valence-electron chi connectivity index (χ0n) is 6.29. The van der Waals surface area contributed by atoms with Gasteiger partial charge in [-0.3, -0.25) is 0 Å². The first kappa shape index (κ1) is 7.05. The van der Waals surface area contributed by atoms with Crippen LogP contribution in [0, 0.1) is 0 Å². The van der Waals surface area contributed by atoms with Gasteiger partial charge in [-0.25, -0.2) is 4.79 Å². The Labute approximate surface area is 58.5 Å². The van der Waals surface area contributed by atoms with Gasteiger partial charge in [0.25, 0.3) is 0 Å². The molecule has 0 aliphatic carbocycles. The lowest BCUT2D eigenvalue weighted by Gasteiger charge is -2.15. The van der Waals surface area contributed by atoms with Gasteiger partial charge >= 0.3 is 5.76 Å². The number of rotatable bonds is 0. The fourth-order valence-corrected chi connectivity index (χ4v) is 0.660. The summed E-state index contributed by atoms with van der Waals surface area (Å²) >= 11 is 0. The molecule has 0 aliphatic heterocycles. The Morgan fingerprint density at radius 1 is 1.60 bits per heavy atom. The summed E-state index contributed by atoms with van der Waals surface area (Å²) in [7, 11) is 0. The van der Waals surface area contributed by atoms with Crippen LogP contribution in [-0.4, -0.2) is 9.78 Å². The van der Waals surface area contributed by atoms with Crippen molar-refractivity contribution in [3.05, 3.63) is 16.9 Å². The molecule has 0 radical (unpaired) electrons. The SMILES string of the molecule is CC(C)(C)n1ncoc1=O. The quantitative estimate of drug-likeness (QED) is 0.532. The standard InChI is InChI=1S/C6H10N2O2/c1-6(2,3)8-5(9)10-4-7-8/h4H,1-3H3. The Balaban J connectivity index is 3.18. The molecule has 0 aliphatic rings. The molecule has 0 amide bonds. The highest BCUT2D eigenvalue weighted by atomic mass is 16.4. The van der Waals surface area contributed by atoms with Gasteiger partial charge in [-0.1, -0.05) is 0 Å². The number of nitrogens with zero attached hydrogens (tertiary/aromatic N) is 2. The molecule has 0 unspecified atom stereocenters. The smallest absolute Gasteiger partial charge is 0.395 e. The number of aromatic nitrogens is 2. The van der Waals surface area contributed by atoms with Gasteiger partial charge in [0, 0.05) is 0 Å². The van der Waals surface area contributed by atoms with Gasteiger partial charge in [0.2, 0.25) is 6.39 Å². The first-order valence-corrected chi connectivity index (χ1v) is 3.05. The highest BCUT2D eigenvalue weighted by molar-refractivity contribution is 4.69. The molecule has 10 heavy (non-hydrogen) atoms. The van der Waals surface area contributed by atoms with Crippen LogP contribution in [0.5, 0.6) is 0 Å². The van der Waals surface area contributed by atoms with Crippen LogP contribution >= 0.6 is 0 Å². The Morgan fingerprint density at radius 2 is 2.20 bits per heavy atom.